The van der Waals surface area contributed by atoms with Gasteiger partial charge in [0.05, 0.1) is 22.6 Å². The summed E-state index contributed by atoms with van der Waals surface area (Å²) < 4.78 is 4.74. The Morgan fingerprint density at radius 3 is 1.68 bits per heavy atom. The summed E-state index contributed by atoms with van der Waals surface area (Å²) in [6.45, 7) is 0. The van der Waals surface area contributed by atoms with Gasteiger partial charge >= 0.3 is 0 Å². The first-order valence-electron chi connectivity index (χ1n) is 20.9. The molecule has 12 rings (SSSR count). The fourth-order valence-corrected chi connectivity index (χ4v) is 10.2. The predicted molar refractivity (Wildman–Crippen MR) is 260 cm³/mol. The maximum absolute atomic E-state index is 5.42. The van der Waals surface area contributed by atoms with Crippen molar-refractivity contribution in [2.75, 3.05) is 0 Å². The zero-order valence-electron chi connectivity index (χ0n) is 33.5. The SMILES string of the molecule is c1ccc(-c2nc(-c3ccc(-c4cccc5c4sc4ccccc45)cc3)cc(-c3cccc4c3cc(-c3ccccc3)c3c(-c5ccccc5)nn(-c5ccccc5)c34)n2)cc1. The van der Waals surface area contributed by atoms with Crippen LogP contribution in [-0.2, 0) is 0 Å². The van der Waals surface area contributed by atoms with Crippen LogP contribution in [0.1, 0.15) is 0 Å². The molecule has 0 aliphatic heterocycles. The number of hydrogen-bond donors (Lipinski definition) is 0. The van der Waals surface area contributed by atoms with E-state index in [4.69, 9.17) is 15.1 Å². The predicted octanol–water partition coefficient (Wildman–Crippen LogP) is 15.3. The molecule has 62 heavy (non-hydrogen) atoms. The third-order valence-corrected chi connectivity index (χ3v) is 13.1. The van der Waals surface area contributed by atoms with Crippen LogP contribution in [0.2, 0.25) is 0 Å². The first kappa shape index (κ1) is 35.9. The van der Waals surface area contributed by atoms with Gasteiger partial charge in [-0.2, -0.15) is 5.10 Å². The second-order valence-electron chi connectivity index (χ2n) is 15.6. The highest BCUT2D eigenvalue weighted by molar-refractivity contribution is 7.26. The van der Waals surface area contributed by atoms with Crippen molar-refractivity contribution in [1.82, 2.24) is 19.7 Å². The number of aromatic nitrogens is 4. The van der Waals surface area contributed by atoms with E-state index >= 15 is 0 Å². The van der Waals surface area contributed by atoms with E-state index in [1.54, 1.807) is 0 Å². The molecule has 0 spiro atoms. The second-order valence-corrected chi connectivity index (χ2v) is 16.6. The van der Waals surface area contributed by atoms with E-state index in [0.29, 0.717) is 5.82 Å². The van der Waals surface area contributed by atoms with Crippen molar-refractivity contribution in [3.05, 3.63) is 218 Å². The number of thiophene rings is 1. The van der Waals surface area contributed by atoms with Gasteiger partial charge in [-0.05, 0) is 58.0 Å². The third-order valence-electron chi connectivity index (χ3n) is 11.9. The Labute approximate surface area is 362 Å². The smallest absolute Gasteiger partial charge is 0.160 e. The van der Waals surface area contributed by atoms with Crippen LogP contribution in [0.5, 0.6) is 0 Å². The van der Waals surface area contributed by atoms with Crippen LogP contribution in [-0.4, -0.2) is 19.7 Å². The molecule has 5 heteroatoms. The molecule has 0 saturated heterocycles. The van der Waals surface area contributed by atoms with E-state index in [1.807, 2.05) is 29.5 Å². The van der Waals surface area contributed by atoms with E-state index in [-0.39, 0.29) is 0 Å². The van der Waals surface area contributed by atoms with Crippen molar-refractivity contribution in [3.63, 3.8) is 0 Å². The van der Waals surface area contributed by atoms with E-state index in [9.17, 15) is 0 Å². The summed E-state index contributed by atoms with van der Waals surface area (Å²) in [5.41, 5.74) is 13.5. The van der Waals surface area contributed by atoms with E-state index in [2.05, 4.69) is 205 Å². The summed E-state index contributed by atoms with van der Waals surface area (Å²) in [6, 6.07) is 77.2. The van der Waals surface area contributed by atoms with Crippen molar-refractivity contribution in [2.24, 2.45) is 0 Å². The Balaban J connectivity index is 1.08. The molecule has 0 amide bonds. The molecule has 4 nitrogen and oxygen atoms in total. The fourth-order valence-electron chi connectivity index (χ4n) is 8.93. The molecule has 0 aliphatic carbocycles. The van der Waals surface area contributed by atoms with Gasteiger partial charge in [0.2, 0.25) is 0 Å². The van der Waals surface area contributed by atoms with Crippen molar-refractivity contribution in [2.45, 2.75) is 0 Å². The molecule has 0 unspecified atom stereocenters. The number of para-hydroxylation sites is 1. The summed E-state index contributed by atoms with van der Waals surface area (Å²) in [5.74, 6) is 0.680. The van der Waals surface area contributed by atoms with E-state index < -0.39 is 0 Å². The molecule has 9 aromatic carbocycles. The largest absolute Gasteiger partial charge is 0.232 e. The average Bonchev–Trinajstić information content (AvgIpc) is 3.95. The molecular weight excluding hydrogens is 773 g/mol. The van der Waals surface area contributed by atoms with E-state index in [0.717, 1.165) is 77.8 Å². The van der Waals surface area contributed by atoms with Crippen molar-refractivity contribution in [3.8, 4) is 73.1 Å². The van der Waals surface area contributed by atoms with Crippen LogP contribution in [0.25, 0.3) is 115 Å². The zero-order valence-corrected chi connectivity index (χ0v) is 34.3. The fraction of sp³-hybridized carbons (Fsp3) is 0. The molecule has 290 valence electrons. The standard InChI is InChI=1S/C57H36N4S/c1-5-17-37(18-6-1)48-35-49-44(27-16-28-46(49)55-53(48)54(40-19-7-2-8-20-40)60-61(55)42-23-11-4-12-24-42)51-36-50(58-57(59-51)41-21-9-3-10-22-41)39-33-31-38(32-34-39)43-26-15-29-47-45-25-13-14-30-52(45)62-56(43)47/h1-36H. The van der Waals surface area contributed by atoms with Gasteiger partial charge < -0.3 is 0 Å². The lowest BCUT2D eigenvalue weighted by Gasteiger charge is -2.15. The lowest BCUT2D eigenvalue weighted by Crippen LogP contribution is -1.98. The molecular formula is C57H36N4S. The van der Waals surface area contributed by atoms with Gasteiger partial charge in [0.25, 0.3) is 0 Å². The molecule has 0 N–H and O–H groups in total. The lowest BCUT2D eigenvalue weighted by molar-refractivity contribution is 0.918. The number of fused-ring (bicyclic) bond motifs is 6. The molecule has 0 bridgehead atoms. The number of nitrogens with zero attached hydrogens (tertiary/aromatic N) is 4. The molecule has 3 aromatic heterocycles. The quantitative estimate of drug-likeness (QED) is 0.161. The molecule has 0 radical (unpaired) electrons. The highest BCUT2D eigenvalue weighted by atomic mass is 32.1. The van der Waals surface area contributed by atoms with Crippen LogP contribution in [0.15, 0.2) is 218 Å². The Kier molecular flexibility index (Phi) is 8.65. The molecule has 0 aliphatic rings. The number of benzene rings is 9. The van der Waals surface area contributed by atoms with Gasteiger partial charge in [0.15, 0.2) is 5.82 Å². The number of hydrogen-bond acceptors (Lipinski definition) is 4. The molecule has 0 saturated carbocycles. The van der Waals surface area contributed by atoms with Crippen LogP contribution < -0.4 is 0 Å². The maximum atomic E-state index is 5.42. The summed E-state index contributed by atoms with van der Waals surface area (Å²) in [5, 5.41) is 11.3. The highest BCUT2D eigenvalue weighted by Crippen LogP contribution is 2.45. The highest BCUT2D eigenvalue weighted by Gasteiger charge is 2.23. The van der Waals surface area contributed by atoms with Gasteiger partial charge in [0.1, 0.15) is 5.69 Å². The molecule has 3 heterocycles. The minimum atomic E-state index is 0.680. The van der Waals surface area contributed by atoms with Crippen molar-refractivity contribution < 1.29 is 0 Å². The number of rotatable bonds is 7. The maximum Gasteiger partial charge on any atom is 0.160 e. The van der Waals surface area contributed by atoms with Crippen LogP contribution in [0.4, 0.5) is 0 Å². The van der Waals surface area contributed by atoms with E-state index in [1.165, 1.54) is 31.3 Å². The molecule has 12 aromatic rings. The van der Waals surface area contributed by atoms with Gasteiger partial charge in [-0.3, -0.25) is 0 Å². The van der Waals surface area contributed by atoms with Gasteiger partial charge in [-0.25, -0.2) is 14.6 Å². The van der Waals surface area contributed by atoms with Gasteiger partial charge in [0, 0.05) is 53.2 Å². The van der Waals surface area contributed by atoms with Crippen LogP contribution >= 0.6 is 11.3 Å². The first-order valence-corrected chi connectivity index (χ1v) is 21.7. The summed E-state index contributed by atoms with van der Waals surface area (Å²) in [7, 11) is 0. The molecule has 0 atom stereocenters. The summed E-state index contributed by atoms with van der Waals surface area (Å²) in [4.78, 5) is 10.6. The van der Waals surface area contributed by atoms with Crippen LogP contribution in [0, 0.1) is 0 Å². The lowest BCUT2D eigenvalue weighted by atomic mass is 9.91. The summed E-state index contributed by atoms with van der Waals surface area (Å²) >= 11 is 1.86. The second kappa shape index (κ2) is 14.9. The van der Waals surface area contributed by atoms with Gasteiger partial charge in [-0.1, -0.05) is 188 Å². The first-order chi connectivity index (χ1) is 30.7. The molecule has 0 fully saturated rings. The van der Waals surface area contributed by atoms with Crippen LogP contribution in [0.3, 0.4) is 0 Å². The average molecular weight is 809 g/mol. The Hall–Kier alpha value is -7.99. The summed E-state index contributed by atoms with van der Waals surface area (Å²) in [6.07, 6.45) is 0. The Morgan fingerprint density at radius 2 is 0.935 bits per heavy atom. The third kappa shape index (κ3) is 6.09. The Bertz CT molecular complexity index is 3600. The Morgan fingerprint density at radius 1 is 0.371 bits per heavy atom. The minimum absolute atomic E-state index is 0.680. The minimum Gasteiger partial charge on any atom is -0.232 e. The zero-order chi connectivity index (χ0) is 41.0. The topological polar surface area (TPSA) is 43.6 Å². The van der Waals surface area contributed by atoms with Crippen molar-refractivity contribution >= 4 is 53.2 Å². The van der Waals surface area contributed by atoms with Crippen molar-refractivity contribution in [1.29, 1.82) is 0 Å². The van der Waals surface area contributed by atoms with Gasteiger partial charge in [-0.15, -0.1) is 11.3 Å². The monoisotopic (exact) mass is 808 g/mol. The normalized spacial score (nSPS) is 11.5.